The Labute approximate surface area is 169 Å². The fraction of sp³-hybridized carbons (Fsp3) is 0.500. The van der Waals surface area contributed by atoms with Gasteiger partial charge in [-0.05, 0) is 63.5 Å². The van der Waals surface area contributed by atoms with Gasteiger partial charge < -0.3 is 5.32 Å². The Hall–Kier alpha value is -1.97. The van der Waals surface area contributed by atoms with E-state index in [0.717, 1.165) is 66.7 Å². The molecular formula is C18H25ClN6O2S. The minimum absolute atomic E-state index is 0.00297. The van der Waals surface area contributed by atoms with Crippen molar-refractivity contribution in [3.8, 4) is 0 Å². The Morgan fingerprint density at radius 2 is 1.82 bits per heavy atom. The lowest BCUT2D eigenvalue weighted by Gasteiger charge is -2.21. The summed E-state index contributed by atoms with van der Waals surface area (Å²) in [6.07, 6.45) is 7.24. The maximum Gasteiger partial charge on any atom is 0.330 e. The molecule has 0 atom stereocenters. The van der Waals surface area contributed by atoms with Crippen molar-refractivity contribution in [1.82, 2.24) is 19.5 Å². The minimum Gasteiger partial charge on any atom is -0.307 e. The lowest BCUT2D eigenvalue weighted by molar-refractivity contribution is 0.256. The van der Waals surface area contributed by atoms with Crippen LogP contribution in [0.2, 0.25) is 5.02 Å². The van der Waals surface area contributed by atoms with E-state index in [2.05, 4.69) is 15.1 Å². The normalized spacial score (nSPS) is 16.2. The number of carbonyl (C=O) groups is 1. The number of nitrogens with zero attached hydrogens (tertiary/aromatic N) is 3. The molecule has 152 valence electrons. The van der Waals surface area contributed by atoms with E-state index >= 15 is 0 Å². The molecule has 2 aromatic heterocycles. The number of halogens is 1. The van der Waals surface area contributed by atoms with E-state index in [1.165, 1.54) is 0 Å². The molecule has 4 rings (SSSR count). The number of urea groups is 1. The first kappa shape index (κ1) is 19.4. The van der Waals surface area contributed by atoms with Gasteiger partial charge in [0.2, 0.25) is 0 Å². The van der Waals surface area contributed by atoms with Gasteiger partial charge in [0.1, 0.15) is 0 Å². The molecular weight excluding hydrogens is 400 g/mol. The van der Waals surface area contributed by atoms with Gasteiger partial charge in [-0.15, -0.1) is 0 Å². The van der Waals surface area contributed by atoms with Crippen molar-refractivity contribution >= 4 is 33.6 Å². The first-order valence-corrected chi connectivity index (χ1v) is 11.7. The van der Waals surface area contributed by atoms with Crippen LogP contribution in [0, 0.1) is 0 Å². The summed E-state index contributed by atoms with van der Waals surface area (Å²) in [5.41, 5.74) is 5.11. The summed E-state index contributed by atoms with van der Waals surface area (Å²) >= 11 is 6.16. The molecule has 0 aliphatic heterocycles. The van der Waals surface area contributed by atoms with Crippen molar-refractivity contribution in [2.75, 3.05) is 5.32 Å². The molecule has 2 aromatic rings. The van der Waals surface area contributed by atoms with Gasteiger partial charge >= 0.3 is 6.03 Å². The maximum atomic E-state index is 13.0. The molecule has 0 bridgehead atoms. The standard InChI is InChI=1S/C18H25ClN6O2S/c1-10(2)25-9-13(19)17(23-25)28(20,27)24-18(26)22-16-11-5-3-7-14(11)21-15-8-4-6-12(15)16/h9-10,28H,3-8H2,1-2H3,(H4,20,21,22,24,26,27). The van der Waals surface area contributed by atoms with E-state index in [9.17, 15) is 9.00 Å². The molecule has 2 aliphatic rings. The van der Waals surface area contributed by atoms with Crippen LogP contribution in [0.25, 0.3) is 0 Å². The number of rotatable bonds is 4. The Balaban J connectivity index is 1.58. The first-order valence-electron chi connectivity index (χ1n) is 9.53. The number of hydrogen-bond acceptors (Lipinski definition) is 4. The fourth-order valence-corrected chi connectivity index (χ4v) is 5.52. The number of thiol groups is 1. The number of pyridine rings is 1. The highest BCUT2D eigenvalue weighted by molar-refractivity contribution is 7.99. The molecule has 10 heteroatoms. The number of nitrogens with one attached hydrogen (secondary N) is 2. The van der Waals surface area contributed by atoms with Crippen molar-refractivity contribution < 1.29 is 9.00 Å². The molecule has 0 radical (unpaired) electrons. The average Bonchev–Trinajstić information content (AvgIpc) is 3.32. The van der Waals surface area contributed by atoms with Gasteiger partial charge in [-0.2, -0.15) is 5.10 Å². The van der Waals surface area contributed by atoms with Crippen LogP contribution in [0.1, 0.15) is 55.2 Å². The minimum atomic E-state index is -3.78. The number of hydrogen-bond donors (Lipinski definition) is 4. The van der Waals surface area contributed by atoms with E-state index in [0.29, 0.717) is 0 Å². The van der Waals surface area contributed by atoms with Crippen LogP contribution >= 0.6 is 11.6 Å². The molecule has 4 N–H and O–H groups in total. The summed E-state index contributed by atoms with van der Waals surface area (Å²) in [7, 11) is -3.78. The van der Waals surface area contributed by atoms with Gasteiger partial charge in [0, 0.05) is 23.6 Å². The molecule has 0 fully saturated rings. The van der Waals surface area contributed by atoms with Gasteiger partial charge in [-0.25, -0.2) is 9.00 Å². The predicted octanol–water partition coefficient (Wildman–Crippen LogP) is 2.48. The summed E-state index contributed by atoms with van der Waals surface area (Å²) in [5.74, 6) is 0. The van der Waals surface area contributed by atoms with Crippen LogP contribution in [-0.4, -0.2) is 25.0 Å². The molecule has 2 aliphatic carbocycles. The zero-order valence-corrected chi connectivity index (χ0v) is 17.6. The third kappa shape index (κ3) is 3.42. The van der Waals surface area contributed by atoms with Crippen LogP contribution in [0.3, 0.4) is 0 Å². The van der Waals surface area contributed by atoms with Crippen molar-refractivity contribution in [1.29, 1.82) is 0 Å². The maximum absolute atomic E-state index is 13.0. The van der Waals surface area contributed by atoms with Crippen LogP contribution in [0.15, 0.2) is 11.2 Å². The van der Waals surface area contributed by atoms with E-state index in [4.69, 9.17) is 21.7 Å². The molecule has 0 spiro atoms. The SMILES string of the molecule is CC(C)n1cc(Cl)c([SH](N)(=O)NC(=O)Nc2c3c(nc4c2CCC4)CCC3)n1. The van der Waals surface area contributed by atoms with Gasteiger partial charge in [0.25, 0.3) is 0 Å². The van der Waals surface area contributed by atoms with Gasteiger partial charge in [0.05, 0.1) is 21.0 Å². The molecule has 0 aromatic carbocycles. The highest BCUT2D eigenvalue weighted by atomic mass is 35.5. The van der Waals surface area contributed by atoms with Crippen LogP contribution in [0.4, 0.5) is 10.5 Å². The predicted molar refractivity (Wildman–Crippen MR) is 110 cm³/mol. The average molecular weight is 425 g/mol. The van der Waals surface area contributed by atoms with E-state index < -0.39 is 16.3 Å². The lowest BCUT2D eigenvalue weighted by Crippen LogP contribution is -2.45. The molecule has 0 saturated heterocycles. The fourth-order valence-electron chi connectivity index (χ4n) is 3.93. The number of carbonyl (C=O) groups excluding carboxylic acids is 1. The third-order valence-corrected chi connectivity index (χ3v) is 7.17. The highest BCUT2D eigenvalue weighted by Gasteiger charge is 2.28. The van der Waals surface area contributed by atoms with E-state index in [1.54, 1.807) is 10.9 Å². The van der Waals surface area contributed by atoms with Crippen LogP contribution < -0.4 is 15.2 Å². The lowest BCUT2D eigenvalue weighted by atomic mass is 10.1. The zero-order valence-electron chi connectivity index (χ0n) is 16.0. The van der Waals surface area contributed by atoms with Gasteiger partial charge in [-0.1, -0.05) is 11.6 Å². The van der Waals surface area contributed by atoms with Crippen LogP contribution in [0.5, 0.6) is 0 Å². The quantitative estimate of drug-likeness (QED) is 0.564. The molecule has 2 heterocycles. The summed E-state index contributed by atoms with van der Waals surface area (Å²) < 4.78 is 16.9. The molecule has 8 nitrogen and oxygen atoms in total. The number of fused-ring (bicyclic) bond motifs is 2. The molecule has 2 amide bonds. The summed E-state index contributed by atoms with van der Waals surface area (Å²) in [6.45, 7) is 3.83. The topological polar surface area (TPSA) is 115 Å². The monoisotopic (exact) mass is 424 g/mol. The summed E-state index contributed by atoms with van der Waals surface area (Å²) in [4.78, 5) is 17.5. The summed E-state index contributed by atoms with van der Waals surface area (Å²) in [5, 5.41) is 13.2. The number of anilines is 1. The third-order valence-electron chi connectivity index (χ3n) is 5.27. The number of amides is 2. The number of nitrogens with two attached hydrogens (primary N) is 1. The van der Waals surface area contributed by atoms with Crippen molar-refractivity contribution in [3.63, 3.8) is 0 Å². The van der Waals surface area contributed by atoms with Crippen LogP contribution in [-0.2, 0) is 36.0 Å². The van der Waals surface area contributed by atoms with Crippen molar-refractivity contribution in [2.45, 2.75) is 63.4 Å². The number of aryl methyl sites for hydroxylation is 2. The molecule has 0 saturated carbocycles. The Kier molecular flexibility index (Phi) is 4.93. The molecule has 0 unspecified atom stereocenters. The Morgan fingerprint density at radius 3 is 2.36 bits per heavy atom. The van der Waals surface area contributed by atoms with Crippen molar-refractivity contribution in [3.05, 3.63) is 33.7 Å². The van der Waals surface area contributed by atoms with E-state index in [-0.39, 0.29) is 16.1 Å². The summed E-state index contributed by atoms with van der Waals surface area (Å²) in [6, 6.07) is -0.586. The zero-order chi connectivity index (χ0) is 20.1. The second-order valence-corrected chi connectivity index (χ2v) is 10.0. The Morgan fingerprint density at radius 1 is 1.21 bits per heavy atom. The second-order valence-electron chi connectivity index (χ2n) is 7.64. The first-order chi connectivity index (χ1) is 13.3. The van der Waals surface area contributed by atoms with Crippen molar-refractivity contribution in [2.24, 2.45) is 5.14 Å². The van der Waals surface area contributed by atoms with E-state index in [1.807, 2.05) is 13.8 Å². The second kappa shape index (κ2) is 7.13. The van der Waals surface area contributed by atoms with Gasteiger partial charge in [0.15, 0.2) is 5.03 Å². The number of aromatic nitrogens is 3. The smallest absolute Gasteiger partial charge is 0.307 e. The largest absolute Gasteiger partial charge is 0.330 e. The van der Waals surface area contributed by atoms with Gasteiger partial charge in [-0.3, -0.25) is 19.5 Å². The highest BCUT2D eigenvalue weighted by Crippen LogP contribution is 2.36. The Bertz CT molecular complexity index is 970. The molecule has 28 heavy (non-hydrogen) atoms.